The molecule has 3 heteroatoms. The van der Waals surface area contributed by atoms with Crippen molar-refractivity contribution in [2.75, 3.05) is 12.4 Å². The normalized spacial score (nSPS) is 10.3. The number of rotatable bonds is 4. The van der Waals surface area contributed by atoms with Crippen molar-refractivity contribution in [1.29, 1.82) is 0 Å². The molecule has 110 valence electrons. The Labute approximate surface area is 126 Å². The zero-order valence-corrected chi connectivity index (χ0v) is 13.0. The van der Waals surface area contributed by atoms with Gasteiger partial charge in [0.15, 0.2) is 0 Å². The van der Waals surface area contributed by atoms with E-state index >= 15 is 0 Å². The molecule has 0 saturated carbocycles. The number of hydrogen-bond acceptors (Lipinski definition) is 2. The van der Waals surface area contributed by atoms with E-state index in [-0.39, 0.29) is 5.91 Å². The minimum absolute atomic E-state index is 0.0328. The molecule has 0 aromatic heterocycles. The Balaban J connectivity index is 2.19. The van der Waals surface area contributed by atoms with Crippen LogP contribution in [-0.2, 0) is 11.2 Å². The summed E-state index contributed by atoms with van der Waals surface area (Å²) in [5.41, 5.74) is 5.05. The van der Waals surface area contributed by atoms with Crippen molar-refractivity contribution < 1.29 is 9.53 Å². The molecule has 21 heavy (non-hydrogen) atoms. The number of benzene rings is 2. The number of para-hydroxylation sites is 1. The van der Waals surface area contributed by atoms with Crippen LogP contribution in [0.5, 0.6) is 5.75 Å². The molecular weight excluding hydrogens is 262 g/mol. The van der Waals surface area contributed by atoms with E-state index in [2.05, 4.69) is 11.4 Å². The number of nitrogens with one attached hydrogen (secondary N) is 1. The second kappa shape index (κ2) is 6.44. The molecule has 0 fully saturated rings. The lowest BCUT2D eigenvalue weighted by Gasteiger charge is -2.14. The molecule has 0 aliphatic heterocycles. The second-order valence-electron chi connectivity index (χ2n) is 5.30. The quantitative estimate of drug-likeness (QED) is 0.926. The monoisotopic (exact) mass is 283 g/mol. The first-order chi connectivity index (χ1) is 10.0. The molecule has 2 aromatic rings. The highest BCUT2D eigenvalue weighted by atomic mass is 16.5. The maximum absolute atomic E-state index is 12.3. The van der Waals surface area contributed by atoms with Crippen LogP contribution in [0.25, 0.3) is 0 Å². The third-order valence-electron chi connectivity index (χ3n) is 3.55. The smallest absolute Gasteiger partial charge is 0.228 e. The molecule has 0 spiro atoms. The molecule has 0 radical (unpaired) electrons. The molecule has 0 bridgehead atoms. The highest BCUT2D eigenvalue weighted by molar-refractivity contribution is 5.93. The Morgan fingerprint density at radius 1 is 1.10 bits per heavy atom. The van der Waals surface area contributed by atoms with Crippen LogP contribution in [0.15, 0.2) is 36.4 Å². The summed E-state index contributed by atoms with van der Waals surface area (Å²) < 4.78 is 5.40. The molecule has 0 saturated heterocycles. The lowest BCUT2D eigenvalue weighted by Crippen LogP contribution is -2.16. The Kier molecular flexibility index (Phi) is 4.63. The van der Waals surface area contributed by atoms with Gasteiger partial charge in [-0.25, -0.2) is 0 Å². The summed E-state index contributed by atoms with van der Waals surface area (Å²) in [6.45, 7) is 6.01. The molecule has 1 amide bonds. The Hall–Kier alpha value is -2.29. The van der Waals surface area contributed by atoms with E-state index in [1.807, 2.05) is 51.1 Å². The van der Waals surface area contributed by atoms with Crippen LogP contribution in [0.3, 0.4) is 0 Å². The molecule has 2 rings (SSSR count). The summed E-state index contributed by atoms with van der Waals surface area (Å²) in [7, 11) is 1.64. The number of hydrogen-bond donors (Lipinski definition) is 1. The number of carbonyl (C=O) groups excluding carboxylic acids is 1. The summed E-state index contributed by atoms with van der Waals surface area (Å²) in [5, 5.41) is 2.96. The average Bonchev–Trinajstić information content (AvgIpc) is 2.44. The first-order valence-electron chi connectivity index (χ1n) is 7.01. The molecule has 0 aliphatic rings. The number of aryl methyl sites for hydroxylation is 3. The summed E-state index contributed by atoms with van der Waals surface area (Å²) in [5.74, 6) is 0.738. The molecule has 0 atom stereocenters. The third kappa shape index (κ3) is 3.63. The molecule has 0 unspecified atom stereocenters. The van der Waals surface area contributed by atoms with E-state index in [0.717, 1.165) is 33.7 Å². The van der Waals surface area contributed by atoms with Crippen LogP contribution in [-0.4, -0.2) is 13.0 Å². The fourth-order valence-corrected chi connectivity index (χ4v) is 2.44. The molecule has 0 heterocycles. The van der Waals surface area contributed by atoms with Crippen molar-refractivity contribution in [3.63, 3.8) is 0 Å². The van der Waals surface area contributed by atoms with E-state index < -0.39 is 0 Å². The predicted molar refractivity (Wildman–Crippen MR) is 86.0 cm³/mol. The Morgan fingerprint density at radius 2 is 1.81 bits per heavy atom. The van der Waals surface area contributed by atoms with Crippen molar-refractivity contribution >= 4 is 11.6 Å². The van der Waals surface area contributed by atoms with E-state index in [1.54, 1.807) is 7.11 Å². The van der Waals surface area contributed by atoms with Gasteiger partial charge in [0.05, 0.1) is 13.5 Å². The number of methoxy groups -OCH3 is 1. The molecule has 3 nitrogen and oxygen atoms in total. The van der Waals surface area contributed by atoms with E-state index in [0.29, 0.717) is 6.42 Å². The first-order valence-corrected chi connectivity index (χ1v) is 7.01. The second-order valence-corrected chi connectivity index (χ2v) is 5.30. The van der Waals surface area contributed by atoms with Crippen molar-refractivity contribution in [3.05, 3.63) is 58.7 Å². The topological polar surface area (TPSA) is 38.3 Å². The molecule has 1 N–H and O–H groups in total. The largest absolute Gasteiger partial charge is 0.496 e. The molecular formula is C18H21NO2. The van der Waals surface area contributed by atoms with Crippen molar-refractivity contribution in [3.8, 4) is 5.75 Å². The van der Waals surface area contributed by atoms with Gasteiger partial charge in [0.1, 0.15) is 5.75 Å². The zero-order chi connectivity index (χ0) is 15.4. The highest BCUT2D eigenvalue weighted by Crippen LogP contribution is 2.25. The van der Waals surface area contributed by atoms with Crippen LogP contribution in [0.2, 0.25) is 0 Å². The van der Waals surface area contributed by atoms with Gasteiger partial charge in [-0.15, -0.1) is 0 Å². The number of anilines is 1. The number of ether oxygens (including phenoxy) is 1. The van der Waals surface area contributed by atoms with Gasteiger partial charge in [-0.05, 0) is 49.6 Å². The van der Waals surface area contributed by atoms with Gasteiger partial charge < -0.3 is 10.1 Å². The van der Waals surface area contributed by atoms with Crippen LogP contribution in [0, 0.1) is 20.8 Å². The van der Waals surface area contributed by atoms with Gasteiger partial charge in [-0.2, -0.15) is 0 Å². The standard InChI is InChI=1S/C18H21NO2/c1-12-9-14(3)15(17(10-12)21-4)11-18(20)19-16-8-6-5-7-13(16)2/h5-10H,11H2,1-4H3,(H,19,20). The maximum Gasteiger partial charge on any atom is 0.228 e. The van der Waals surface area contributed by atoms with Crippen molar-refractivity contribution in [1.82, 2.24) is 0 Å². The van der Waals surface area contributed by atoms with E-state index in [4.69, 9.17) is 4.74 Å². The summed E-state index contributed by atoms with van der Waals surface area (Å²) in [4.78, 5) is 12.3. The van der Waals surface area contributed by atoms with Gasteiger partial charge in [0.25, 0.3) is 0 Å². The Bertz CT molecular complexity index is 662. The van der Waals surface area contributed by atoms with Gasteiger partial charge in [-0.1, -0.05) is 24.3 Å². The van der Waals surface area contributed by atoms with Crippen molar-refractivity contribution in [2.24, 2.45) is 0 Å². The van der Waals surface area contributed by atoms with Gasteiger partial charge in [0.2, 0.25) is 5.91 Å². The van der Waals surface area contributed by atoms with E-state index in [1.165, 1.54) is 0 Å². The zero-order valence-electron chi connectivity index (χ0n) is 13.0. The lowest BCUT2D eigenvalue weighted by atomic mass is 10.0. The fourth-order valence-electron chi connectivity index (χ4n) is 2.44. The summed E-state index contributed by atoms with van der Waals surface area (Å²) in [6.07, 6.45) is 0.309. The highest BCUT2D eigenvalue weighted by Gasteiger charge is 2.13. The van der Waals surface area contributed by atoms with Gasteiger partial charge in [-0.3, -0.25) is 4.79 Å². The first kappa shape index (κ1) is 15.1. The summed E-state index contributed by atoms with van der Waals surface area (Å²) in [6, 6.07) is 11.8. The van der Waals surface area contributed by atoms with Crippen LogP contribution >= 0.6 is 0 Å². The lowest BCUT2D eigenvalue weighted by molar-refractivity contribution is -0.115. The number of amides is 1. The minimum Gasteiger partial charge on any atom is -0.496 e. The fraction of sp³-hybridized carbons (Fsp3) is 0.278. The van der Waals surface area contributed by atoms with Gasteiger partial charge in [0, 0.05) is 11.3 Å². The summed E-state index contributed by atoms with van der Waals surface area (Å²) >= 11 is 0. The maximum atomic E-state index is 12.3. The van der Waals surface area contributed by atoms with Crippen LogP contribution < -0.4 is 10.1 Å². The molecule has 0 aliphatic carbocycles. The number of carbonyl (C=O) groups is 1. The minimum atomic E-state index is -0.0328. The average molecular weight is 283 g/mol. The third-order valence-corrected chi connectivity index (χ3v) is 3.55. The van der Waals surface area contributed by atoms with Crippen LogP contribution in [0.4, 0.5) is 5.69 Å². The predicted octanol–water partition coefficient (Wildman–Crippen LogP) is 3.80. The van der Waals surface area contributed by atoms with Crippen molar-refractivity contribution in [2.45, 2.75) is 27.2 Å². The van der Waals surface area contributed by atoms with Crippen LogP contribution in [0.1, 0.15) is 22.3 Å². The SMILES string of the molecule is COc1cc(C)cc(C)c1CC(=O)Nc1ccccc1C. The van der Waals surface area contributed by atoms with Gasteiger partial charge >= 0.3 is 0 Å². The Morgan fingerprint density at radius 3 is 2.48 bits per heavy atom. The van der Waals surface area contributed by atoms with E-state index in [9.17, 15) is 4.79 Å². The molecule has 2 aromatic carbocycles.